The molecule has 0 spiro atoms. The zero-order valence-electron chi connectivity index (χ0n) is 11.3. The third-order valence-electron chi connectivity index (χ3n) is 2.63. The van der Waals surface area contributed by atoms with Crippen molar-refractivity contribution in [1.29, 1.82) is 0 Å². The molecule has 6 nitrogen and oxygen atoms in total. The first-order chi connectivity index (χ1) is 8.93. The van der Waals surface area contributed by atoms with Crippen LogP contribution in [0.15, 0.2) is 0 Å². The van der Waals surface area contributed by atoms with Gasteiger partial charge < -0.3 is 19.3 Å². The number of hydrogen-bond donors (Lipinski definition) is 1. The van der Waals surface area contributed by atoms with Gasteiger partial charge in [0.2, 0.25) is 0 Å². The molecule has 1 fully saturated rings. The van der Waals surface area contributed by atoms with Crippen LogP contribution in [0, 0.1) is 0 Å². The largest absolute Gasteiger partial charge is 0.463 e. The molecule has 0 bridgehead atoms. The topological polar surface area (TPSA) is 82.1 Å². The van der Waals surface area contributed by atoms with Crippen molar-refractivity contribution in [3.8, 4) is 0 Å². The summed E-state index contributed by atoms with van der Waals surface area (Å²) in [6.45, 7) is 4.56. The number of hydrogen-bond acceptors (Lipinski definition) is 7. The smallest absolute Gasteiger partial charge is 0.303 e. The van der Waals surface area contributed by atoms with Crippen molar-refractivity contribution in [3.05, 3.63) is 0 Å². The number of ether oxygens (including phenoxy) is 3. The standard InChI is InChI=1S/C12H20O6S/c1-4-19-10-5-11(15)18-9(6-16-7(2)13)12(10)17-8(3)14/h9-12,15H,4-6H2,1-3H3/t9-,10-,11+,12-/m1/s1. The van der Waals surface area contributed by atoms with E-state index in [1.807, 2.05) is 6.92 Å². The average Bonchev–Trinajstić information content (AvgIpc) is 2.30. The summed E-state index contributed by atoms with van der Waals surface area (Å²) in [5.41, 5.74) is 0. The van der Waals surface area contributed by atoms with Crippen molar-refractivity contribution in [2.45, 2.75) is 50.9 Å². The fourth-order valence-corrected chi connectivity index (χ4v) is 3.11. The number of thioether (sulfide) groups is 1. The second-order valence-electron chi connectivity index (χ2n) is 4.24. The van der Waals surface area contributed by atoms with Gasteiger partial charge in [-0.3, -0.25) is 9.59 Å². The zero-order valence-corrected chi connectivity index (χ0v) is 12.1. The van der Waals surface area contributed by atoms with Gasteiger partial charge in [0.25, 0.3) is 0 Å². The van der Waals surface area contributed by atoms with Crippen molar-refractivity contribution >= 4 is 23.7 Å². The highest BCUT2D eigenvalue weighted by Crippen LogP contribution is 2.31. The van der Waals surface area contributed by atoms with Gasteiger partial charge in [-0.2, -0.15) is 11.8 Å². The lowest BCUT2D eigenvalue weighted by Crippen LogP contribution is -2.51. The molecule has 110 valence electrons. The summed E-state index contributed by atoms with van der Waals surface area (Å²) < 4.78 is 15.5. The Labute approximate surface area is 116 Å². The Morgan fingerprint density at radius 1 is 1.37 bits per heavy atom. The molecule has 0 aliphatic carbocycles. The maximum Gasteiger partial charge on any atom is 0.303 e. The van der Waals surface area contributed by atoms with Gasteiger partial charge >= 0.3 is 11.9 Å². The number of aliphatic hydroxyl groups is 1. The maximum atomic E-state index is 11.2. The lowest BCUT2D eigenvalue weighted by atomic mass is 10.0. The van der Waals surface area contributed by atoms with Crippen LogP contribution in [0.4, 0.5) is 0 Å². The van der Waals surface area contributed by atoms with E-state index in [9.17, 15) is 14.7 Å². The Bertz CT molecular complexity index is 321. The molecule has 0 radical (unpaired) electrons. The van der Waals surface area contributed by atoms with Crippen molar-refractivity contribution in [2.75, 3.05) is 12.4 Å². The molecule has 4 atom stereocenters. The highest BCUT2D eigenvalue weighted by Gasteiger charge is 2.41. The number of aliphatic hydroxyl groups excluding tert-OH is 1. The van der Waals surface area contributed by atoms with E-state index in [1.165, 1.54) is 13.8 Å². The first-order valence-electron chi connectivity index (χ1n) is 6.19. The maximum absolute atomic E-state index is 11.2. The van der Waals surface area contributed by atoms with Crippen LogP contribution >= 0.6 is 11.8 Å². The molecule has 19 heavy (non-hydrogen) atoms. The Hall–Kier alpha value is -0.790. The van der Waals surface area contributed by atoms with Crippen LogP contribution in [-0.4, -0.2) is 53.2 Å². The molecule has 1 heterocycles. The molecule has 0 aromatic heterocycles. The van der Waals surface area contributed by atoms with Gasteiger partial charge in [-0.15, -0.1) is 0 Å². The van der Waals surface area contributed by atoms with E-state index < -0.39 is 30.4 Å². The second-order valence-corrected chi connectivity index (χ2v) is 5.75. The van der Waals surface area contributed by atoms with E-state index in [0.717, 1.165) is 5.75 Å². The fourth-order valence-electron chi connectivity index (χ4n) is 1.96. The lowest BCUT2D eigenvalue weighted by molar-refractivity contribution is -0.218. The molecule has 1 saturated heterocycles. The van der Waals surface area contributed by atoms with E-state index in [4.69, 9.17) is 14.2 Å². The molecular formula is C12H20O6S. The van der Waals surface area contributed by atoms with Gasteiger partial charge in [-0.25, -0.2) is 0 Å². The Morgan fingerprint density at radius 3 is 2.58 bits per heavy atom. The van der Waals surface area contributed by atoms with Gasteiger partial charge in [0.15, 0.2) is 6.29 Å². The van der Waals surface area contributed by atoms with Gasteiger partial charge in [0, 0.05) is 25.5 Å². The Morgan fingerprint density at radius 2 is 2.05 bits per heavy atom. The van der Waals surface area contributed by atoms with E-state index >= 15 is 0 Å². The summed E-state index contributed by atoms with van der Waals surface area (Å²) in [5.74, 6) is -0.0282. The zero-order chi connectivity index (χ0) is 14.4. The number of rotatable bonds is 5. The predicted octanol–water partition coefficient (Wildman–Crippen LogP) is 0.710. The Kier molecular flexibility index (Phi) is 6.60. The van der Waals surface area contributed by atoms with Gasteiger partial charge in [0.1, 0.15) is 18.8 Å². The monoisotopic (exact) mass is 292 g/mol. The lowest BCUT2D eigenvalue weighted by Gasteiger charge is -2.38. The van der Waals surface area contributed by atoms with Crippen molar-refractivity contribution in [3.63, 3.8) is 0 Å². The first kappa shape index (κ1) is 16.3. The highest BCUT2D eigenvalue weighted by atomic mass is 32.2. The first-order valence-corrected chi connectivity index (χ1v) is 7.24. The van der Waals surface area contributed by atoms with E-state index in [2.05, 4.69) is 0 Å². The summed E-state index contributed by atoms with van der Waals surface area (Å²) in [7, 11) is 0. The van der Waals surface area contributed by atoms with Crippen LogP contribution in [0.25, 0.3) is 0 Å². The summed E-state index contributed by atoms with van der Waals surface area (Å²) in [6, 6.07) is 0. The summed E-state index contributed by atoms with van der Waals surface area (Å²) in [6.07, 6.45) is -1.71. The molecule has 0 aromatic carbocycles. The van der Waals surface area contributed by atoms with Crippen LogP contribution in [-0.2, 0) is 23.8 Å². The van der Waals surface area contributed by atoms with Crippen LogP contribution in [0.3, 0.4) is 0 Å². The van der Waals surface area contributed by atoms with E-state index in [0.29, 0.717) is 6.42 Å². The molecule has 1 rings (SSSR count). The minimum Gasteiger partial charge on any atom is -0.463 e. The molecule has 0 unspecified atom stereocenters. The van der Waals surface area contributed by atoms with Crippen molar-refractivity contribution in [2.24, 2.45) is 0 Å². The van der Waals surface area contributed by atoms with Crippen molar-refractivity contribution < 1.29 is 28.9 Å². The normalized spacial score (nSPS) is 30.7. The minimum absolute atomic E-state index is 0.0366. The SMILES string of the molecule is CCS[C@@H]1C[C@@H](O)O[C@H](COC(C)=O)[C@H]1OC(C)=O. The molecule has 0 aromatic rings. The van der Waals surface area contributed by atoms with Crippen LogP contribution in [0.2, 0.25) is 0 Å². The van der Waals surface area contributed by atoms with Crippen LogP contribution < -0.4 is 0 Å². The number of carbonyl (C=O) groups is 2. The molecule has 0 saturated carbocycles. The predicted molar refractivity (Wildman–Crippen MR) is 69.6 cm³/mol. The highest BCUT2D eigenvalue weighted by molar-refractivity contribution is 7.99. The molecular weight excluding hydrogens is 272 g/mol. The average molecular weight is 292 g/mol. The third-order valence-corrected chi connectivity index (χ3v) is 3.85. The van der Waals surface area contributed by atoms with E-state index in [-0.39, 0.29) is 11.9 Å². The van der Waals surface area contributed by atoms with Crippen molar-refractivity contribution in [1.82, 2.24) is 0 Å². The molecule has 0 amide bonds. The van der Waals surface area contributed by atoms with Gasteiger partial charge in [-0.1, -0.05) is 6.92 Å². The number of carbonyl (C=O) groups excluding carboxylic acids is 2. The molecule has 1 aliphatic heterocycles. The van der Waals surface area contributed by atoms with Crippen LogP contribution in [0.1, 0.15) is 27.2 Å². The van der Waals surface area contributed by atoms with E-state index in [1.54, 1.807) is 11.8 Å². The molecule has 1 N–H and O–H groups in total. The fraction of sp³-hybridized carbons (Fsp3) is 0.833. The van der Waals surface area contributed by atoms with Gasteiger partial charge in [0.05, 0.1) is 0 Å². The van der Waals surface area contributed by atoms with Gasteiger partial charge in [-0.05, 0) is 5.75 Å². The second kappa shape index (κ2) is 7.72. The quantitative estimate of drug-likeness (QED) is 0.747. The Balaban J connectivity index is 2.74. The number of esters is 2. The third kappa shape index (κ3) is 5.38. The molecule has 1 aliphatic rings. The summed E-state index contributed by atoms with van der Waals surface area (Å²) in [5, 5.41) is 9.61. The summed E-state index contributed by atoms with van der Waals surface area (Å²) in [4.78, 5) is 22.0. The summed E-state index contributed by atoms with van der Waals surface area (Å²) >= 11 is 1.59. The molecule has 7 heteroatoms. The minimum atomic E-state index is -0.934. The van der Waals surface area contributed by atoms with Crippen LogP contribution in [0.5, 0.6) is 0 Å².